The molecule has 0 fully saturated rings. The maximum atomic E-state index is 12.2. The number of ether oxygens (including phenoxy) is 1. The van der Waals surface area contributed by atoms with Crippen molar-refractivity contribution in [3.63, 3.8) is 0 Å². The van der Waals surface area contributed by atoms with Gasteiger partial charge in [0.25, 0.3) is 0 Å². The van der Waals surface area contributed by atoms with Gasteiger partial charge in [0, 0.05) is 6.54 Å². The zero-order valence-corrected chi connectivity index (χ0v) is 15.8. The van der Waals surface area contributed by atoms with Crippen LogP contribution in [-0.2, 0) is 6.54 Å². The van der Waals surface area contributed by atoms with Crippen LogP contribution in [0.5, 0.6) is 5.75 Å². The maximum Gasteiger partial charge on any atom is 0.387 e. The minimum absolute atomic E-state index is 0.0794. The van der Waals surface area contributed by atoms with Crippen molar-refractivity contribution < 1.29 is 13.5 Å². The zero-order chi connectivity index (χ0) is 19.8. The smallest absolute Gasteiger partial charge is 0.387 e. The highest BCUT2D eigenvalue weighted by molar-refractivity contribution is 7.80. The summed E-state index contributed by atoms with van der Waals surface area (Å²) in [4.78, 5) is 0. The number of nitrogens with one attached hydrogen (secondary N) is 2. The molecule has 3 nitrogen and oxygen atoms in total. The van der Waals surface area contributed by atoms with Crippen molar-refractivity contribution >= 4 is 17.3 Å². The topological polar surface area (TPSA) is 33.3 Å². The summed E-state index contributed by atoms with van der Waals surface area (Å²) in [7, 11) is 0. The number of thiocarbonyl (C=S) groups is 1. The van der Waals surface area contributed by atoms with Crippen molar-refractivity contribution in [1.29, 1.82) is 0 Å². The molecule has 0 amide bonds. The molecule has 3 aromatic rings. The van der Waals surface area contributed by atoms with Gasteiger partial charge in [0.05, 0.1) is 6.04 Å². The highest BCUT2D eigenvalue weighted by Gasteiger charge is 2.14. The van der Waals surface area contributed by atoms with Crippen LogP contribution in [0.4, 0.5) is 8.78 Å². The van der Waals surface area contributed by atoms with Crippen LogP contribution < -0.4 is 15.4 Å². The fraction of sp³-hybridized carbons (Fsp3) is 0.136. The quantitative estimate of drug-likeness (QED) is 0.546. The summed E-state index contributed by atoms with van der Waals surface area (Å²) in [6.07, 6.45) is 0. The first-order valence-electron chi connectivity index (χ1n) is 8.80. The summed E-state index contributed by atoms with van der Waals surface area (Å²) in [5.41, 5.74) is 3.11. The van der Waals surface area contributed by atoms with Crippen molar-refractivity contribution in [1.82, 2.24) is 10.6 Å². The van der Waals surface area contributed by atoms with Crippen LogP contribution in [0.1, 0.15) is 22.7 Å². The summed E-state index contributed by atoms with van der Waals surface area (Å²) < 4.78 is 28.8. The van der Waals surface area contributed by atoms with Gasteiger partial charge in [0.15, 0.2) is 5.11 Å². The molecule has 0 aromatic heterocycles. The lowest BCUT2D eigenvalue weighted by atomic mass is 9.99. The van der Waals surface area contributed by atoms with Crippen molar-refractivity contribution in [3.05, 3.63) is 102 Å². The van der Waals surface area contributed by atoms with Crippen LogP contribution >= 0.6 is 12.2 Å². The first-order valence-corrected chi connectivity index (χ1v) is 9.20. The monoisotopic (exact) mass is 398 g/mol. The Balaban J connectivity index is 1.63. The van der Waals surface area contributed by atoms with E-state index >= 15 is 0 Å². The van der Waals surface area contributed by atoms with Crippen LogP contribution in [0.15, 0.2) is 84.9 Å². The third-order valence-electron chi connectivity index (χ3n) is 4.14. The average molecular weight is 398 g/mol. The molecule has 0 spiro atoms. The molecule has 144 valence electrons. The van der Waals surface area contributed by atoms with E-state index in [2.05, 4.69) is 39.6 Å². The molecule has 3 aromatic carbocycles. The summed E-state index contributed by atoms with van der Waals surface area (Å²) >= 11 is 5.47. The number of alkyl halides is 2. The standard InChI is InChI=1S/C22H20F2N2OS/c23-21(24)27-19-13-11-16(12-14-19)15-25-22(28)26-20(17-7-3-1-4-8-17)18-9-5-2-6-10-18/h1-14,20-21H,15H2,(H2,25,26,28). The molecule has 3 rings (SSSR count). The van der Waals surface area contributed by atoms with E-state index in [1.54, 1.807) is 12.1 Å². The number of benzene rings is 3. The molecule has 6 heteroatoms. The number of rotatable bonds is 7. The number of halogens is 2. The van der Waals surface area contributed by atoms with Crippen molar-refractivity contribution in [3.8, 4) is 5.75 Å². The first kappa shape index (κ1) is 19.8. The van der Waals surface area contributed by atoms with Gasteiger partial charge in [0.1, 0.15) is 5.75 Å². The third kappa shape index (κ3) is 5.76. The van der Waals surface area contributed by atoms with E-state index in [9.17, 15) is 8.78 Å². The van der Waals surface area contributed by atoms with Crippen LogP contribution in [0.2, 0.25) is 0 Å². The molecule has 0 bridgehead atoms. The largest absolute Gasteiger partial charge is 0.435 e. The van der Waals surface area contributed by atoms with E-state index < -0.39 is 6.61 Å². The van der Waals surface area contributed by atoms with Crippen molar-refractivity contribution in [2.24, 2.45) is 0 Å². The lowest BCUT2D eigenvalue weighted by Gasteiger charge is -2.22. The van der Waals surface area contributed by atoms with Gasteiger partial charge >= 0.3 is 6.61 Å². The molecule has 0 aliphatic heterocycles. The van der Waals surface area contributed by atoms with Gasteiger partial charge in [0.2, 0.25) is 0 Å². The molecule has 2 N–H and O–H groups in total. The fourth-order valence-electron chi connectivity index (χ4n) is 2.80. The van der Waals surface area contributed by atoms with E-state index in [4.69, 9.17) is 12.2 Å². The van der Waals surface area contributed by atoms with E-state index in [0.717, 1.165) is 16.7 Å². The SMILES string of the molecule is FC(F)Oc1ccc(CNC(=S)NC(c2ccccc2)c2ccccc2)cc1. The summed E-state index contributed by atoms with van der Waals surface area (Å²) in [5, 5.41) is 7.02. The lowest BCUT2D eigenvalue weighted by molar-refractivity contribution is -0.0498. The highest BCUT2D eigenvalue weighted by Crippen LogP contribution is 2.21. The second-order valence-corrected chi connectivity index (χ2v) is 6.51. The van der Waals surface area contributed by atoms with Crippen LogP contribution in [-0.4, -0.2) is 11.7 Å². The molecule has 0 heterocycles. The van der Waals surface area contributed by atoms with Crippen molar-refractivity contribution in [2.75, 3.05) is 0 Å². The zero-order valence-electron chi connectivity index (χ0n) is 15.0. The van der Waals surface area contributed by atoms with Gasteiger partial charge in [-0.15, -0.1) is 0 Å². The second kappa shape index (κ2) is 9.80. The van der Waals surface area contributed by atoms with E-state index in [-0.39, 0.29) is 11.8 Å². The van der Waals surface area contributed by atoms with E-state index in [0.29, 0.717) is 11.7 Å². The Hall–Kier alpha value is -2.99. The predicted octanol–water partition coefficient (Wildman–Crippen LogP) is 5.04. The Bertz CT molecular complexity index is 835. The molecule has 0 atom stereocenters. The molecule has 28 heavy (non-hydrogen) atoms. The molecule has 0 saturated carbocycles. The van der Waals surface area contributed by atoms with Crippen LogP contribution in [0.25, 0.3) is 0 Å². The maximum absolute atomic E-state index is 12.2. The average Bonchev–Trinajstić information content (AvgIpc) is 2.72. The second-order valence-electron chi connectivity index (χ2n) is 6.10. The summed E-state index contributed by atoms with van der Waals surface area (Å²) in [6, 6.07) is 26.5. The molecule has 0 unspecified atom stereocenters. The van der Waals surface area contributed by atoms with Crippen LogP contribution in [0, 0.1) is 0 Å². The van der Waals surface area contributed by atoms with E-state index in [1.165, 1.54) is 12.1 Å². The Morgan fingerprint density at radius 1 is 0.821 bits per heavy atom. The minimum Gasteiger partial charge on any atom is -0.435 e. The summed E-state index contributed by atoms with van der Waals surface area (Å²) in [5.74, 6) is 0.132. The highest BCUT2D eigenvalue weighted by atomic mass is 32.1. The van der Waals surface area contributed by atoms with Gasteiger partial charge in [-0.1, -0.05) is 72.8 Å². The third-order valence-corrected chi connectivity index (χ3v) is 4.41. The predicted molar refractivity (Wildman–Crippen MR) is 110 cm³/mol. The molecular formula is C22H20F2N2OS. The molecule has 0 aliphatic rings. The van der Waals surface area contributed by atoms with Gasteiger partial charge in [-0.05, 0) is 41.0 Å². The molecule has 0 saturated heterocycles. The fourth-order valence-corrected chi connectivity index (χ4v) is 2.99. The van der Waals surface area contributed by atoms with E-state index in [1.807, 2.05) is 36.4 Å². The summed E-state index contributed by atoms with van der Waals surface area (Å²) in [6.45, 7) is -2.36. The molecular weight excluding hydrogens is 378 g/mol. The van der Waals surface area contributed by atoms with Gasteiger partial charge in [-0.2, -0.15) is 8.78 Å². The van der Waals surface area contributed by atoms with Gasteiger partial charge < -0.3 is 15.4 Å². The molecule has 0 aliphatic carbocycles. The first-order chi connectivity index (χ1) is 13.6. The van der Waals surface area contributed by atoms with Gasteiger partial charge in [-0.25, -0.2) is 0 Å². The van der Waals surface area contributed by atoms with Crippen molar-refractivity contribution in [2.45, 2.75) is 19.2 Å². The normalized spacial score (nSPS) is 10.7. The Morgan fingerprint density at radius 3 is 1.86 bits per heavy atom. The van der Waals surface area contributed by atoms with Crippen LogP contribution in [0.3, 0.4) is 0 Å². The number of hydrogen-bond donors (Lipinski definition) is 2. The minimum atomic E-state index is -2.83. The Labute approximate surface area is 168 Å². The lowest BCUT2D eigenvalue weighted by Crippen LogP contribution is -2.37. The van der Waals surface area contributed by atoms with Gasteiger partial charge in [-0.3, -0.25) is 0 Å². The Morgan fingerprint density at radius 2 is 1.36 bits per heavy atom. The molecule has 0 radical (unpaired) electrons. The number of hydrogen-bond acceptors (Lipinski definition) is 2. The Kier molecular flexibility index (Phi) is 6.92.